The van der Waals surface area contributed by atoms with Gasteiger partial charge in [-0.25, -0.2) is 9.59 Å². The van der Waals surface area contributed by atoms with Gasteiger partial charge in [0, 0.05) is 27.8 Å². The van der Waals surface area contributed by atoms with Gasteiger partial charge >= 0.3 is 11.9 Å². The number of halogens is 1. The quantitative estimate of drug-likeness (QED) is 0.195. The third-order valence-electron chi connectivity index (χ3n) is 9.03. The fourth-order valence-electron chi connectivity index (χ4n) is 6.98. The third-order valence-corrected chi connectivity index (χ3v) is 9.99. The summed E-state index contributed by atoms with van der Waals surface area (Å²) in [6.45, 7) is 6.92. The number of aryl methyl sites for hydroxylation is 2. The van der Waals surface area contributed by atoms with Crippen LogP contribution in [-0.4, -0.2) is 40.7 Å². The van der Waals surface area contributed by atoms with Crippen molar-refractivity contribution in [1.29, 1.82) is 0 Å². The molecule has 1 unspecified atom stereocenters. The number of ether oxygens (including phenoxy) is 3. The lowest BCUT2D eigenvalue weighted by atomic mass is 9.81. The van der Waals surface area contributed by atoms with Gasteiger partial charge in [-0.15, -0.1) is 0 Å². The molecule has 1 atom stereocenters. The van der Waals surface area contributed by atoms with Crippen LogP contribution in [0.2, 0.25) is 0 Å². The Hall–Kier alpha value is -3.32. The molecule has 3 aromatic rings. The van der Waals surface area contributed by atoms with Gasteiger partial charge in [-0.3, -0.25) is 0 Å². The van der Waals surface area contributed by atoms with Crippen LogP contribution < -0.4 is 4.74 Å². The fourth-order valence-corrected chi connectivity index (χ4v) is 7.43. The Bertz CT molecular complexity index is 1650. The summed E-state index contributed by atoms with van der Waals surface area (Å²) in [5.41, 5.74) is 8.06. The number of hydrogen-bond donors (Lipinski definition) is 0. The lowest BCUT2D eigenvalue weighted by molar-refractivity contribution is -0.149. The minimum Gasteiger partial charge on any atom is -0.489 e. The second kappa shape index (κ2) is 12.6. The van der Waals surface area contributed by atoms with Crippen LogP contribution in [0.15, 0.2) is 59.7 Å². The average molecular weight is 661 g/mol. The first-order valence-electron chi connectivity index (χ1n) is 15.9. The molecule has 1 saturated carbocycles. The highest BCUT2D eigenvalue weighted by atomic mass is 79.9. The number of nitrogens with zero attached hydrogens (tertiary/aromatic N) is 1. The number of alkyl halides is 1. The lowest BCUT2D eigenvalue weighted by Gasteiger charge is -2.24. The van der Waals surface area contributed by atoms with E-state index in [1.54, 1.807) is 0 Å². The van der Waals surface area contributed by atoms with Crippen LogP contribution in [0, 0.1) is 0 Å². The monoisotopic (exact) mass is 659 g/mol. The second-order valence-electron chi connectivity index (χ2n) is 13.3. The molecule has 2 aromatic carbocycles. The van der Waals surface area contributed by atoms with Gasteiger partial charge in [-0.05, 0) is 112 Å². The Morgan fingerprint density at radius 1 is 1.00 bits per heavy atom. The summed E-state index contributed by atoms with van der Waals surface area (Å²) in [6.07, 6.45) is 12.7. The van der Waals surface area contributed by atoms with Crippen LogP contribution in [0.5, 0.6) is 5.75 Å². The molecule has 1 aromatic heterocycles. The summed E-state index contributed by atoms with van der Waals surface area (Å²) in [6, 6.07) is 12.6. The van der Waals surface area contributed by atoms with E-state index in [-0.39, 0.29) is 16.8 Å². The predicted octanol–water partition coefficient (Wildman–Crippen LogP) is 8.83. The molecule has 2 aliphatic carbocycles. The molecule has 6 rings (SSSR count). The van der Waals surface area contributed by atoms with Gasteiger partial charge in [0.25, 0.3) is 0 Å². The van der Waals surface area contributed by atoms with Gasteiger partial charge in [-0.2, -0.15) is 0 Å². The standard InChI is InChI=1S/C37H42BrNO5/c1-37(2,3)44-36(41)25-13-17-31(38)27(19-25)22-43-28-14-16-29-24(20-28)11-8-18-39-32-21-26(35(40)42-4)12-15-30(32)33(34(29)39)23-9-6-5-7-10-23/h12-16,19-21,23,31H,5-11,17-18,22H2,1-4H3. The maximum atomic E-state index is 12.7. The van der Waals surface area contributed by atoms with Gasteiger partial charge in [0.2, 0.25) is 0 Å². The van der Waals surface area contributed by atoms with Crippen molar-refractivity contribution in [2.45, 2.75) is 95.0 Å². The van der Waals surface area contributed by atoms with Crippen LogP contribution in [0.25, 0.3) is 22.2 Å². The molecule has 0 bridgehead atoms. The van der Waals surface area contributed by atoms with E-state index in [0.29, 0.717) is 30.1 Å². The van der Waals surface area contributed by atoms with Crippen molar-refractivity contribution in [2.75, 3.05) is 13.7 Å². The maximum absolute atomic E-state index is 12.7. The predicted molar refractivity (Wildman–Crippen MR) is 178 cm³/mol. The number of benzene rings is 2. The summed E-state index contributed by atoms with van der Waals surface area (Å²) in [7, 11) is 1.44. The van der Waals surface area contributed by atoms with Crippen molar-refractivity contribution in [2.24, 2.45) is 0 Å². The summed E-state index contributed by atoms with van der Waals surface area (Å²) in [5, 5.41) is 1.26. The Morgan fingerprint density at radius 3 is 2.55 bits per heavy atom. The molecular formula is C37H42BrNO5. The topological polar surface area (TPSA) is 66.8 Å². The zero-order chi connectivity index (χ0) is 31.0. The number of carbonyl (C=O) groups excluding carboxylic acids is 2. The fraction of sp³-hybridized carbons (Fsp3) is 0.459. The zero-order valence-corrected chi connectivity index (χ0v) is 27.8. The Kier molecular flexibility index (Phi) is 8.78. The second-order valence-corrected chi connectivity index (χ2v) is 14.4. The highest BCUT2D eigenvalue weighted by Gasteiger charge is 2.30. The van der Waals surface area contributed by atoms with Crippen molar-refractivity contribution in [3.8, 4) is 17.0 Å². The minimum atomic E-state index is -0.540. The average Bonchev–Trinajstić information content (AvgIpc) is 3.21. The zero-order valence-electron chi connectivity index (χ0n) is 26.2. The number of methoxy groups -OCH3 is 1. The van der Waals surface area contributed by atoms with E-state index in [1.165, 1.54) is 67.0 Å². The molecule has 3 aliphatic rings. The van der Waals surface area contributed by atoms with E-state index in [4.69, 9.17) is 14.2 Å². The van der Waals surface area contributed by atoms with Gasteiger partial charge in [0.1, 0.15) is 18.0 Å². The minimum absolute atomic E-state index is 0.109. The Balaban J connectivity index is 1.33. The first kappa shape index (κ1) is 30.7. The smallest absolute Gasteiger partial charge is 0.338 e. The van der Waals surface area contributed by atoms with E-state index in [2.05, 4.69) is 44.8 Å². The van der Waals surface area contributed by atoms with Crippen molar-refractivity contribution in [1.82, 2.24) is 4.57 Å². The number of esters is 2. The molecule has 1 aliphatic heterocycles. The molecule has 232 valence electrons. The van der Waals surface area contributed by atoms with Crippen LogP contribution in [-0.2, 0) is 27.2 Å². The van der Waals surface area contributed by atoms with Crippen molar-refractivity contribution >= 4 is 38.8 Å². The summed E-state index contributed by atoms with van der Waals surface area (Å²) in [5.74, 6) is 0.733. The molecule has 0 amide bonds. The Morgan fingerprint density at radius 2 is 1.80 bits per heavy atom. The molecule has 0 N–H and O–H groups in total. The summed E-state index contributed by atoms with van der Waals surface area (Å²) >= 11 is 3.76. The van der Waals surface area contributed by atoms with Crippen molar-refractivity contribution in [3.63, 3.8) is 0 Å². The first-order valence-corrected chi connectivity index (χ1v) is 16.8. The molecule has 1 fully saturated rings. The summed E-state index contributed by atoms with van der Waals surface area (Å²) < 4.78 is 19.5. The molecule has 7 heteroatoms. The molecule has 6 nitrogen and oxygen atoms in total. The number of allylic oxidation sites excluding steroid dienone is 1. The number of aromatic nitrogens is 1. The molecule has 2 heterocycles. The van der Waals surface area contributed by atoms with Gasteiger partial charge in [0.15, 0.2) is 0 Å². The molecule has 0 spiro atoms. The normalized spacial score (nSPS) is 18.9. The molecule has 0 saturated heterocycles. The van der Waals surface area contributed by atoms with Crippen LogP contribution in [0.4, 0.5) is 0 Å². The van der Waals surface area contributed by atoms with Gasteiger partial charge < -0.3 is 18.8 Å². The van der Waals surface area contributed by atoms with E-state index >= 15 is 0 Å². The van der Waals surface area contributed by atoms with Crippen LogP contribution in [0.1, 0.15) is 93.1 Å². The summed E-state index contributed by atoms with van der Waals surface area (Å²) in [4.78, 5) is 25.3. The number of fused-ring (bicyclic) bond motifs is 5. The van der Waals surface area contributed by atoms with Crippen LogP contribution >= 0.6 is 15.9 Å². The lowest BCUT2D eigenvalue weighted by Crippen LogP contribution is -2.26. The SMILES string of the molecule is COC(=O)c1ccc2c(C3CCCCC3)c3n(c2c1)CCCc1cc(OCC2=CC(C(=O)OC(C)(C)C)=CCC2Br)ccc1-3. The van der Waals surface area contributed by atoms with Gasteiger partial charge in [-0.1, -0.05) is 47.3 Å². The van der Waals surface area contributed by atoms with Gasteiger partial charge in [0.05, 0.1) is 23.9 Å². The highest BCUT2D eigenvalue weighted by Crippen LogP contribution is 2.46. The highest BCUT2D eigenvalue weighted by molar-refractivity contribution is 9.09. The van der Waals surface area contributed by atoms with E-state index in [9.17, 15) is 9.59 Å². The van der Waals surface area contributed by atoms with Crippen LogP contribution in [0.3, 0.4) is 0 Å². The maximum Gasteiger partial charge on any atom is 0.338 e. The number of hydrogen-bond acceptors (Lipinski definition) is 5. The molecule has 0 radical (unpaired) electrons. The van der Waals surface area contributed by atoms with E-state index < -0.39 is 5.60 Å². The van der Waals surface area contributed by atoms with E-state index in [1.807, 2.05) is 45.1 Å². The molecule has 44 heavy (non-hydrogen) atoms. The number of rotatable bonds is 6. The van der Waals surface area contributed by atoms with E-state index in [0.717, 1.165) is 36.2 Å². The molecular weight excluding hydrogens is 618 g/mol. The third kappa shape index (κ3) is 6.26. The number of carbonyl (C=O) groups is 2. The largest absolute Gasteiger partial charge is 0.489 e. The Labute approximate surface area is 268 Å². The van der Waals surface area contributed by atoms with Crippen molar-refractivity contribution in [3.05, 3.63) is 76.4 Å². The first-order chi connectivity index (χ1) is 21.1. The van der Waals surface area contributed by atoms with Crippen molar-refractivity contribution < 1.29 is 23.8 Å².